The van der Waals surface area contributed by atoms with E-state index >= 15 is 0 Å². The van der Waals surface area contributed by atoms with E-state index < -0.39 is 5.60 Å². The highest BCUT2D eigenvalue weighted by Crippen LogP contribution is 2.20. The van der Waals surface area contributed by atoms with E-state index in [1.54, 1.807) is 4.90 Å². The molecule has 8 nitrogen and oxygen atoms in total. The molecule has 2 aromatic rings. The summed E-state index contributed by atoms with van der Waals surface area (Å²) < 4.78 is 7.48. The van der Waals surface area contributed by atoms with Crippen molar-refractivity contribution in [3.8, 4) is 0 Å². The number of nitrogens with zero attached hydrogens (tertiary/aromatic N) is 4. The molecule has 3 heterocycles. The van der Waals surface area contributed by atoms with Gasteiger partial charge in [-0.3, -0.25) is 9.20 Å². The Labute approximate surface area is 159 Å². The fraction of sp³-hybridized carbons (Fsp3) is 0.526. The van der Waals surface area contributed by atoms with Gasteiger partial charge in [0.25, 0.3) is 0 Å². The van der Waals surface area contributed by atoms with Gasteiger partial charge in [-0.25, -0.2) is 9.78 Å². The number of imidazole rings is 1. The van der Waals surface area contributed by atoms with Gasteiger partial charge in [0.2, 0.25) is 5.91 Å². The number of amides is 2. The Morgan fingerprint density at radius 1 is 1.19 bits per heavy atom. The Kier molecular flexibility index (Phi) is 5.25. The molecule has 2 amide bonds. The average Bonchev–Trinajstić information content (AvgIpc) is 3.01. The van der Waals surface area contributed by atoms with E-state index in [-0.39, 0.29) is 12.0 Å². The third-order valence-corrected chi connectivity index (χ3v) is 4.29. The summed E-state index contributed by atoms with van der Waals surface area (Å²) in [7, 11) is 0. The molecule has 1 saturated heterocycles. The Bertz CT molecular complexity index is 831. The molecule has 0 atom stereocenters. The van der Waals surface area contributed by atoms with Gasteiger partial charge in [0, 0.05) is 39.3 Å². The molecule has 27 heavy (non-hydrogen) atoms. The standard InChI is InChI=1S/C19H27N5O3/c1-14(25)20-12-15-13-24-16(21-15)6-5-7-17(24)22-8-10-23(11-9-22)18(26)27-19(2,3)4/h5-7,13H,8-12H2,1-4H3,(H,20,25). The van der Waals surface area contributed by atoms with Crippen molar-refractivity contribution in [1.82, 2.24) is 19.6 Å². The number of rotatable bonds is 3. The molecular formula is C19H27N5O3. The van der Waals surface area contributed by atoms with E-state index in [2.05, 4.69) is 15.2 Å². The monoisotopic (exact) mass is 373 g/mol. The summed E-state index contributed by atoms with van der Waals surface area (Å²) in [5.74, 6) is 0.948. The second-order valence-corrected chi connectivity index (χ2v) is 7.71. The lowest BCUT2D eigenvalue weighted by Crippen LogP contribution is -2.50. The van der Waals surface area contributed by atoms with Crippen LogP contribution in [0, 0.1) is 0 Å². The molecular weight excluding hydrogens is 346 g/mol. The zero-order chi connectivity index (χ0) is 19.6. The molecule has 0 unspecified atom stereocenters. The van der Waals surface area contributed by atoms with E-state index in [0.717, 1.165) is 30.2 Å². The molecule has 0 saturated carbocycles. The van der Waals surface area contributed by atoms with E-state index in [0.29, 0.717) is 19.6 Å². The number of piperazine rings is 1. The zero-order valence-electron chi connectivity index (χ0n) is 16.4. The summed E-state index contributed by atoms with van der Waals surface area (Å²) in [6, 6.07) is 5.96. The van der Waals surface area contributed by atoms with Gasteiger partial charge < -0.3 is 19.9 Å². The van der Waals surface area contributed by atoms with Crippen LogP contribution in [0.15, 0.2) is 24.4 Å². The fourth-order valence-electron chi connectivity index (χ4n) is 3.05. The van der Waals surface area contributed by atoms with Crippen molar-refractivity contribution < 1.29 is 14.3 Å². The quantitative estimate of drug-likeness (QED) is 0.891. The molecule has 0 aromatic carbocycles. The Morgan fingerprint density at radius 3 is 2.52 bits per heavy atom. The summed E-state index contributed by atoms with van der Waals surface area (Å²) in [5, 5.41) is 2.77. The molecule has 0 aliphatic carbocycles. The van der Waals surface area contributed by atoms with Crippen LogP contribution in [-0.2, 0) is 16.1 Å². The number of hydrogen-bond donors (Lipinski definition) is 1. The number of carbonyl (C=O) groups is 2. The van der Waals surface area contributed by atoms with Crippen LogP contribution in [0.1, 0.15) is 33.4 Å². The highest BCUT2D eigenvalue weighted by atomic mass is 16.6. The van der Waals surface area contributed by atoms with Gasteiger partial charge in [-0.2, -0.15) is 0 Å². The number of carbonyl (C=O) groups excluding carboxylic acids is 2. The minimum absolute atomic E-state index is 0.0782. The Morgan fingerprint density at radius 2 is 1.89 bits per heavy atom. The smallest absolute Gasteiger partial charge is 0.410 e. The first-order valence-electron chi connectivity index (χ1n) is 9.17. The van der Waals surface area contributed by atoms with Gasteiger partial charge in [-0.1, -0.05) is 6.07 Å². The second-order valence-electron chi connectivity index (χ2n) is 7.71. The number of hydrogen-bond acceptors (Lipinski definition) is 5. The molecule has 0 bridgehead atoms. The largest absolute Gasteiger partial charge is 0.444 e. The molecule has 1 fully saturated rings. The third kappa shape index (κ3) is 4.69. The Hall–Kier alpha value is -2.77. The van der Waals surface area contributed by atoms with Crippen molar-refractivity contribution in [3.63, 3.8) is 0 Å². The van der Waals surface area contributed by atoms with Crippen LogP contribution < -0.4 is 10.2 Å². The summed E-state index contributed by atoms with van der Waals surface area (Å²) >= 11 is 0. The number of nitrogens with one attached hydrogen (secondary N) is 1. The first kappa shape index (κ1) is 19.0. The molecule has 1 aliphatic heterocycles. The van der Waals surface area contributed by atoms with Crippen molar-refractivity contribution in [1.29, 1.82) is 0 Å². The normalized spacial score (nSPS) is 15.1. The van der Waals surface area contributed by atoms with Crippen molar-refractivity contribution in [3.05, 3.63) is 30.1 Å². The maximum absolute atomic E-state index is 12.2. The van der Waals surface area contributed by atoms with Gasteiger partial charge in [-0.15, -0.1) is 0 Å². The number of ether oxygens (including phenoxy) is 1. The molecule has 146 valence electrons. The molecule has 0 spiro atoms. The van der Waals surface area contributed by atoms with Crippen LogP contribution in [0.5, 0.6) is 0 Å². The minimum atomic E-state index is -0.485. The number of aromatic nitrogens is 2. The van der Waals surface area contributed by atoms with E-state index in [9.17, 15) is 9.59 Å². The topological polar surface area (TPSA) is 79.2 Å². The molecule has 2 aromatic heterocycles. The second kappa shape index (κ2) is 7.46. The van der Waals surface area contributed by atoms with Crippen molar-refractivity contribution in [2.24, 2.45) is 0 Å². The van der Waals surface area contributed by atoms with Crippen LogP contribution in [0.25, 0.3) is 5.65 Å². The molecule has 3 rings (SSSR count). The predicted molar refractivity (Wildman–Crippen MR) is 103 cm³/mol. The van der Waals surface area contributed by atoms with E-state index in [4.69, 9.17) is 4.74 Å². The van der Waals surface area contributed by atoms with Gasteiger partial charge in [0.15, 0.2) is 0 Å². The lowest BCUT2D eigenvalue weighted by molar-refractivity contribution is -0.119. The van der Waals surface area contributed by atoms with Crippen LogP contribution in [0.4, 0.5) is 10.6 Å². The summed E-state index contributed by atoms with van der Waals surface area (Å²) in [4.78, 5) is 31.9. The number of pyridine rings is 1. The van der Waals surface area contributed by atoms with Crippen molar-refractivity contribution >= 4 is 23.5 Å². The SMILES string of the molecule is CC(=O)NCc1cn2c(N3CCN(C(=O)OC(C)(C)C)CC3)cccc2n1. The number of fused-ring (bicyclic) bond motifs is 1. The van der Waals surface area contributed by atoms with Crippen molar-refractivity contribution in [2.75, 3.05) is 31.1 Å². The highest BCUT2D eigenvalue weighted by Gasteiger charge is 2.26. The zero-order valence-corrected chi connectivity index (χ0v) is 16.4. The maximum atomic E-state index is 12.2. The summed E-state index contributed by atoms with van der Waals surface area (Å²) in [6.45, 7) is 10.2. The first-order chi connectivity index (χ1) is 12.7. The number of anilines is 1. The molecule has 1 aliphatic rings. The van der Waals surface area contributed by atoms with Gasteiger partial charge in [0.1, 0.15) is 17.1 Å². The van der Waals surface area contributed by atoms with Crippen LogP contribution in [-0.4, -0.2) is 58.1 Å². The summed E-state index contributed by atoms with van der Waals surface area (Å²) in [6.07, 6.45) is 1.68. The molecule has 0 radical (unpaired) electrons. The average molecular weight is 373 g/mol. The third-order valence-electron chi connectivity index (χ3n) is 4.29. The van der Waals surface area contributed by atoms with Crippen LogP contribution in [0.3, 0.4) is 0 Å². The van der Waals surface area contributed by atoms with Crippen LogP contribution >= 0.6 is 0 Å². The first-order valence-corrected chi connectivity index (χ1v) is 9.17. The highest BCUT2D eigenvalue weighted by molar-refractivity contribution is 5.72. The molecule has 8 heteroatoms. The Balaban J connectivity index is 1.69. The predicted octanol–water partition coefficient (Wildman–Crippen LogP) is 2.03. The van der Waals surface area contributed by atoms with Gasteiger partial charge in [-0.05, 0) is 32.9 Å². The van der Waals surface area contributed by atoms with Crippen LogP contribution in [0.2, 0.25) is 0 Å². The fourth-order valence-corrected chi connectivity index (χ4v) is 3.05. The van der Waals surface area contributed by atoms with E-state index in [1.807, 2.05) is 49.6 Å². The lowest BCUT2D eigenvalue weighted by atomic mass is 10.2. The minimum Gasteiger partial charge on any atom is -0.444 e. The van der Waals surface area contributed by atoms with Crippen molar-refractivity contribution in [2.45, 2.75) is 39.8 Å². The molecule has 1 N–H and O–H groups in total. The van der Waals surface area contributed by atoms with Gasteiger partial charge in [0.05, 0.1) is 12.2 Å². The summed E-state index contributed by atoms with van der Waals surface area (Å²) in [5.41, 5.74) is 1.16. The van der Waals surface area contributed by atoms with Gasteiger partial charge >= 0.3 is 6.09 Å². The lowest BCUT2D eigenvalue weighted by Gasteiger charge is -2.36. The maximum Gasteiger partial charge on any atom is 0.410 e. The van der Waals surface area contributed by atoms with E-state index in [1.165, 1.54) is 6.92 Å².